The fourth-order valence-electron chi connectivity index (χ4n) is 3.03. The third-order valence-corrected chi connectivity index (χ3v) is 4.36. The van der Waals surface area contributed by atoms with Crippen LogP contribution in [0.4, 0.5) is 0 Å². The zero-order valence-electron chi connectivity index (χ0n) is 13.6. The van der Waals surface area contributed by atoms with Gasteiger partial charge >= 0.3 is 0 Å². The molecule has 126 valence electrons. The van der Waals surface area contributed by atoms with Crippen molar-refractivity contribution in [2.45, 2.75) is 38.3 Å². The third-order valence-electron chi connectivity index (χ3n) is 4.36. The summed E-state index contributed by atoms with van der Waals surface area (Å²) in [6, 6.07) is 6.46. The summed E-state index contributed by atoms with van der Waals surface area (Å²) in [6.07, 6.45) is 7.37. The van der Waals surface area contributed by atoms with Gasteiger partial charge in [0.15, 0.2) is 5.76 Å². The quantitative estimate of drug-likeness (QED) is 0.936. The predicted molar refractivity (Wildman–Crippen MR) is 88.2 cm³/mol. The Balaban J connectivity index is 1.70. The second-order valence-electron chi connectivity index (χ2n) is 6.00. The topological polar surface area (TPSA) is 75.4 Å². The molecule has 2 aromatic heterocycles. The Hall–Kier alpha value is -2.63. The van der Waals surface area contributed by atoms with Crippen molar-refractivity contribution in [2.24, 2.45) is 0 Å². The molecule has 1 aliphatic rings. The van der Waals surface area contributed by atoms with Crippen molar-refractivity contribution < 1.29 is 14.0 Å². The van der Waals surface area contributed by atoms with E-state index in [0.29, 0.717) is 13.0 Å². The molecule has 1 N–H and O–H groups in total. The Morgan fingerprint density at radius 2 is 2.08 bits per heavy atom. The molecule has 1 aliphatic heterocycles. The second-order valence-corrected chi connectivity index (χ2v) is 6.00. The first-order chi connectivity index (χ1) is 11.7. The molecule has 0 unspecified atom stereocenters. The van der Waals surface area contributed by atoms with Crippen LogP contribution in [0.1, 0.15) is 48.3 Å². The van der Waals surface area contributed by atoms with Crippen molar-refractivity contribution in [1.29, 1.82) is 0 Å². The highest BCUT2D eigenvalue weighted by atomic mass is 16.3. The lowest BCUT2D eigenvalue weighted by Gasteiger charge is -2.34. The van der Waals surface area contributed by atoms with Crippen LogP contribution >= 0.6 is 0 Å². The van der Waals surface area contributed by atoms with Gasteiger partial charge in [-0.2, -0.15) is 0 Å². The lowest BCUT2D eigenvalue weighted by atomic mass is 10.00. The Kier molecular flexibility index (Phi) is 4.93. The maximum atomic E-state index is 12.7. The van der Waals surface area contributed by atoms with Crippen LogP contribution in [0, 0.1) is 0 Å². The van der Waals surface area contributed by atoms with Gasteiger partial charge in [-0.3, -0.25) is 14.6 Å². The predicted octanol–water partition coefficient (Wildman–Crippen LogP) is 2.55. The van der Waals surface area contributed by atoms with Crippen LogP contribution in [-0.2, 0) is 4.79 Å². The highest BCUT2D eigenvalue weighted by Gasteiger charge is 2.34. The highest BCUT2D eigenvalue weighted by molar-refractivity contribution is 5.95. The molecule has 0 radical (unpaired) electrons. The number of likely N-dealkylation sites (tertiary alicyclic amines) is 1. The number of furan rings is 1. The van der Waals surface area contributed by atoms with Crippen LogP contribution in [0.3, 0.4) is 0 Å². The van der Waals surface area contributed by atoms with Crippen LogP contribution in [0.2, 0.25) is 0 Å². The van der Waals surface area contributed by atoms with Crippen molar-refractivity contribution in [1.82, 2.24) is 15.2 Å². The fraction of sp³-hybridized carbons (Fsp3) is 0.389. The third kappa shape index (κ3) is 3.48. The number of hydrogen-bond donors (Lipinski definition) is 1. The molecule has 0 bridgehead atoms. The van der Waals surface area contributed by atoms with Crippen molar-refractivity contribution in [2.75, 3.05) is 6.54 Å². The Labute approximate surface area is 140 Å². The number of amides is 2. The number of carbonyl (C=O) groups excluding carboxylic acids is 2. The number of pyridine rings is 1. The van der Waals surface area contributed by atoms with Crippen molar-refractivity contribution >= 4 is 11.8 Å². The summed E-state index contributed by atoms with van der Waals surface area (Å²) < 4.78 is 5.20. The van der Waals surface area contributed by atoms with Crippen LogP contribution in [0.15, 0.2) is 47.3 Å². The molecule has 1 fully saturated rings. The molecule has 3 heterocycles. The SMILES string of the molecule is C[C@H](NC(=O)[C@H]1CCCCN1C(=O)c1ccco1)c1ccncc1. The van der Waals surface area contributed by atoms with Crippen molar-refractivity contribution in [3.05, 3.63) is 54.2 Å². The van der Waals surface area contributed by atoms with E-state index in [0.717, 1.165) is 18.4 Å². The Morgan fingerprint density at radius 1 is 1.29 bits per heavy atom. The molecule has 6 heteroatoms. The Morgan fingerprint density at radius 3 is 2.79 bits per heavy atom. The van der Waals surface area contributed by atoms with E-state index in [2.05, 4.69) is 10.3 Å². The molecule has 2 amide bonds. The molecule has 1 saturated heterocycles. The van der Waals surface area contributed by atoms with Gasteiger partial charge < -0.3 is 14.6 Å². The van der Waals surface area contributed by atoms with Crippen molar-refractivity contribution in [3.63, 3.8) is 0 Å². The van der Waals surface area contributed by atoms with Gasteiger partial charge in [0.2, 0.25) is 5.91 Å². The molecule has 24 heavy (non-hydrogen) atoms. The zero-order chi connectivity index (χ0) is 16.9. The van der Waals surface area contributed by atoms with Gasteiger partial charge in [0, 0.05) is 18.9 Å². The summed E-state index contributed by atoms with van der Waals surface area (Å²) in [5, 5.41) is 3.00. The summed E-state index contributed by atoms with van der Waals surface area (Å²) in [6.45, 7) is 2.50. The van der Waals surface area contributed by atoms with Crippen LogP contribution < -0.4 is 5.32 Å². The van der Waals surface area contributed by atoms with E-state index in [1.165, 1.54) is 6.26 Å². The molecule has 0 saturated carbocycles. The minimum absolute atomic E-state index is 0.126. The average Bonchev–Trinajstić information content (AvgIpc) is 3.16. The number of piperidine rings is 1. The van der Waals surface area contributed by atoms with Crippen LogP contribution in [0.5, 0.6) is 0 Å². The fourth-order valence-corrected chi connectivity index (χ4v) is 3.03. The van der Waals surface area contributed by atoms with E-state index in [1.54, 1.807) is 29.4 Å². The number of nitrogens with one attached hydrogen (secondary N) is 1. The van der Waals surface area contributed by atoms with E-state index in [9.17, 15) is 9.59 Å². The molecular weight excluding hydrogens is 306 g/mol. The first-order valence-corrected chi connectivity index (χ1v) is 8.21. The number of aromatic nitrogens is 1. The zero-order valence-corrected chi connectivity index (χ0v) is 13.6. The lowest BCUT2D eigenvalue weighted by molar-refractivity contribution is -0.127. The van der Waals surface area contributed by atoms with Gasteiger partial charge in [-0.15, -0.1) is 0 Å². The van der Waals surface area contributed by atoms with E-state index < -0.39 is 6.04 Å². The highest BCUT2D eigenvalue weighted by Crippen LogP contribution is 2.21. The van der Waals surface area contributed by atoms with E-state index in [-0.39, 0.29) is 23.6 Å². The van der Waals surface area contributed by atoms with Crippen molar-refractivity contribution in [3.8, 4) is 0 Å². The average molecular weight is 327 g/mol. The molecule has 0 aliphatic carbocycles. The number of hydrogen-bond acceptors (Lipinski definition) is 4. The molecule has 3 rings (SSSR count). The monoisotopic (exact) mass is 327 g/mol. The standard InChI is InChI=1S/C18H21N3O3/c1-13(14-7-9-19-10-8-14)20-17(22)15-5-2-3-11-21(15)18(23)16-6-4-12-24-16/h4,6-10,12-13,15H,2-3,5,11H2,1H3,(H,20,22)/t13-,15+/m0/s1. The first kappa shape index (κ1) is 16.2. The summed E-state index contributed by atoms with van der Waals surface area (Å²) >= 11 is 0. The first-order valence-electron chi connectivity index (χ1n) is 8.21. The number of carbonyl (C=O) groups is 2. The lowest BCUT2D eigenvalue weighted by Crippen LogP contribution is -2.52. The van der Waals surface area contributed by atoms with Crippen LogP contribution in [-0.4, -0.2) is 34.3 Å². The molecule has 0 aromatic carbocycles. The van der Waals surface area contributed by atoms with E-state index in [1.807, 2.05) is 19.1 Å². The normalized spacial score (nSPS) is 18.9. The minimum atomic E-state index is -0.458. The summed E-state index contributed by atoms with van der Waals surface area (Å²) in [7, 11) is 0. The largest absolute Gasteiger partial charge is 0.459 e. The second kappa shape index (κ2) is 7.29. The van der Waals surface area contributed by atoms with Gasteiger partial charge in [0.1, 0.15) is 6.04 Å². The summed E-state index contributed by atoms with van der Waals surface area (Å²) in [5.74, 6) is -0.0767. The van der Waals surface area contributed by atoms with Gasteiger partial charge in [-0.05, 0) is 56.0 Å². The van der Waals surface area contributed by atoms with Gasteiger partial charge in [0.25, 0.3) is 5.91 Å². The molecule has 2 aromatic rings. The van der Waals surface area contributed by atoms with Gasteiger partial charge in [-0.25, -0.2) is 0 Å². The maximum absolute atomic E-state index is 12.7. The molecular formula is C18H21N3O3. The van der Waals surface area contributed by atoms with E-state index in [4.69, 9.17) is 4.42 Å². The summed E-state index contributed by atoms with van der Waals surface area (Å²) in [4.78, 5) is 30.9. The Bertz CT molecular complexity index is 685. The number of nitrogens with zero attached hydrogens (tertiary/aromatic N) is 2. The van der Waals surface area contributed by atoms with Gasteiger partial charge in [0.05, 0.1) is 12.3 Å². The van der Waals surface area contributed by atoms with E-state index >= 15 is 0 Å². The minimum Gasteiger partial charge on any atom is -0.459 e. The van der Waals surface area contributed by atoms with Gasteiger partial charge in [-0.1, -0.05) is 0 Å². The molecule has 0 spiro atoms. The summed E-state index contributed by atoms with van der Waals surface area (Å²) in [5.41, 5.74) is 0.984. The number of rotatable bonds is 4. The maximum Gasteiger partial charge on any atom is 0.290 e. The van der Waals surface area contributed by atoms with Crippen LogP contribution in [0.25, 0.3) is 0 Å². The molecule has 6 nitrogen and oxygen atoms in total. The molecule has 2 atom stereocenters. The smallest absolute Gasteiger partial charge is 0.290 e.